The molecule has 1 heteroatoms. The Morgan fingerprint density at radius 2 is 1.17 bits per heavy atom. The van der Waals surface area contributed by atoms with Crippen molar-refractivity contribution < 1.29 is 0 Å². The monoisotopic (exact) mass is 627 g/mol. The summed E-state index contributed by atoms with van der Waals surface area (Å²) in [4.78, 5) is 2.49. The second-order valence-corrected chi connectivity index (χ2v) is 15.7. The molecule has 4 atom stereocenters. The quantitative estimate of drug-likeness (QED) is 0.173. The molecule has 0 heterocycles. The number of rotatable bonds is 7. The van der Waals surface area contributed by atoms with E-state index in [1.807, 2.05) is 0 Å². The first-order valence-electron chi connectivity index (χ1n) is 19.0. The minimum absolute atomic E-state index is 0.358. The van der Waals surface area contributed by atoms with Crippen molar-refractivity contribution in [2.24, 2.45) is 17.8 Å². The number of anilines is 3. The summed E-state index contributed by atoms with van der Waals surface area (Å²) in [5.41, 5.74) is 12.3. The third-order valence-electron chi connectivity index (χ3n) is 12.9. The largest absolute Gasteiger partial charge is 0.310 e. The Morgan fingerprint density at radius 1 is 0.479 bits per heavy atom. The molecule has 0 aromatic heterocycles. The molecule has 4 aliphatic rings. The zero-order chi connectivity index (χ0) is 31.9. The zero-order valence-corrected chi connectivity index (χ0v) is 28.4. The average Bonchev–Trinajstić information content (AvgIpc) is 3.16. The van der Waals surface area contributed by atoms with Gasteiger partial charge >= 0.3 is 0 Å². The molecule has 0 saturated heterocycles. The van der Waals surface area contributed by atoms with E-state index in [-0.39, 0.29) is 0 Å². The molecule has 0 aliphatic heterocycles. The first-order chi connectivity index (χ1) is 23.7. The van der Waals surface area contributed by atoms with Gasteiger partial charge in [-0.05, 0) is 150 Å². The van der Waals surface area contributed by atoms with Gasteiger partial charge in [-0.15, -0.1) is 0 Å². The lowest BCUT2D eigenvalue weighted by Crippen LogP contribution is -2.46. The molecule has 0 spiro atoms. The van der Waals surface area contributed by atoms with E-state index in [0.29, 0.717) is 5.41 Å². The van der Waals surface area contributed by atoms with Gasteiger partial charge in [0.05, 0.1) is 0 Å². The van der Waals surface area contributed by atoms with Gasteiger partial charge in [0.25, 0.3) is 0 Å². The van der Waals surface area contributed by atoms with Crippen molar-refractivity contribution in [2.45, 2.75) is 88.4 Å². The summed E-state index contributed by atoms with van der Waals surface area (Å²) in [7, 11) is 0. The molecule has 1 nitrogen and oxygen atoms in total. The fourth-order valence-electron chi connectivity index (χ4n) is 10.5. The Kier molecular flexibility index (Phi) is 7.96. The van der Waals surface area contributed by atoms with Gasteiger partial charge in [-0.1, -0.05) is 117 Å². The van der Waals surface area contributed by atoms with Crippen molar-refractivity contribution in [1.82, 2.24) is 0 Å². The van der Waals surface area contributed by atoms with Crippen molar-refractivity contribution in [3.05, 3.63) is 139 Å². The van der Waals surface area contributed by atoms with Crippen molar-refractivity contribution in [3.8, 4) is 22.3 Å². The molecular formula is C47H49N. The average molecular weight is 628 g/mol. The van der Waals surface area contributed by atoms with Crippen LogP contribution >= 0.6 is 0 Å². The minimum atomic E-state index is 0.358. The van der Waals surface area contributed by atoms with Crippen LogP contribution in [0.1, 0.15) is 94.1 Å². The molecule has 5 aromatic rings. The number of hydrogen-bond acceptors (Lipinski definition) is 1. The highest BCUT2D eigenvalue weighted by molar-refractivity contribution is 5.80. The zero-order valence-electron chi connectivity index (χ0n) is 28.4. The maximum Gasteiger partial charge on any atom is 0.0464 e. The molecule has 4 unspecified atom stereocenters. The highest BCUT2D eigenvalue weighted by Crippen LogP contribution is 2.59. The predicted octanol–water partition coefficient (Wildman–Crippen LogP) is 13.4. The number of benzene rings is 5. The molecule has 9 rings (SSSR count). The van der Waals surface area contributed by atoms with Crippen LogP contribution in [0.25, 0.3) is 22.3 Å². The van der Waals surface area contributed by atoms with Gasteiger partial charge in [0.1, 0.15) is 0 Å². The normalized spacial score (nSPS) is 25.1. The third kappa shape index (κ3) is 5.70. The van der Waals surface area contributed by atoms with Crippen molar-refractivity contribution in [3.63, 3.8) is 0 Å². The summed E-state index contributed by atoms with van der Waals surface area (Å²) in [5, 5.41) is 0. The summed E-state index contributed by atoms with van der Waals surface area (Å²) in [6, 6.07) is 48.4. The lowest BCUT2D eigenvalue weighted by molar-refractivity contribution is 0.00965. The van der Waals surface area contributed by atoms with E-state index in [4.69, 9.17) is 0 Å². The van der Waals surface area contributed by atoms with Crippen LogP contribution in [-0.2, 0) is 5.41 Å². The third-order valence-corrected chi connectivity index (χ3v) is 12.9. The van der Waals surface area contributed by atoms with E-state index in [9.17, 15) is 0 Å². The van der Waals surface area contributed by atoms with Gasteiger partial charge in [0.2, 0.25) is 0 Å². The maximum atomic E-state index is 2.56. The molecule has 0 amide bonds. The van der Waals surface area contributed by atoms with Gasteiger partial charge in [0, 0.05) is 17.1 Å². The molecule has 4 fully saturated rings. The van der Waals surface area contributed by atoms with Crippen LogP contribution in [0, 0.1) is 17.8 Å². The smallest absolute Gasteiger partial charge is 0.0464 e. The first-order valence-corrected chi connectivity index (χ1v) is 19.0. The summed E-state index contributed by atoms with van der Waals surface area (Å²) in [6.45, 7) is 0. The van der Waals surface area contributed by atoms with E-state index in [2.05, 4.69) is 132 Å². The van der Waals surface area contributed by atoms with Gasteiger partial charge in [-0.25, -0.2) is 0 Å². The first kappa shape index (κ1) is 30.0. The van der Waals surface area contributed by atoms with Crippen LogP contribution in [0.2, 0.25) is 0 Å². The van der Waals surface area contributed by atoms with Crippen molar-refractivity contribution in [2.75, 3.05) is 4.90 Å². The second-order valence-electron chi connectivity index (χ2n) is 15.7. The lowest BCUT2D eigenvalue weighted by Gasteiger charge is -2.55. The van der Waals surface area contributed by atoms with Gasteiger partial charge in [-0.2, -0.15) is 0 Å². The van der Waals surface area contributed by atoms with E-state index >= 15 is 0 Å². The molecule has 4 aliphatic carbocycles. The lowest BCUT2D eigenvalue weighted by atomic mass is 9.50. The topological polar surface area (TPSA) is 3.24 Å². The van der Waals surface area contributed by atoms with E-state index in [1.165, 1.54) is 122 Å². The fraction of sp³-hybridized carbons (Fsp3) is 0.362. The molecule has 4 saturated carbocycles. The fourth-order valence-corrected chi connectivity index (χ4v) is 10.5. The Bertz CT molecular complexity index is 1840. The Labute approximate surface area is 288 Å². The summed E-state index contributed by atoms with van der Waals surface area (Å²) in [5.74, 6) is 3.58. The minimum Gasteiger partial charge on any atom is -0.310 e. The van der Waals surface area contributed by atoms with E-state index < -0.39 is 0 Å². The Morgan fingerprint density at radius 3 is 1.94 bits per heavy atom. The molecule has 0 radical (unpaired) electrons. The van der Waals surface area contributed by atoms with Crippen LogP contribution in [0.15, 0.2) is 127 Å². The van der Waals surface area contributed by atoms with Gasteiger partial charge in [0.15, 0.2) is 0 Å². The standard InChI is InChI=1S/C47H49N/c1-3-9-35(10-4-1)37-19-23-44(24-20-37)48(45-25-21-38(22-26-45)41-14-7-13-40(30-41)36-11-5-2-6-12-36)46-16-8-15-43(31-46)47-28-27-39-18-17-34(32-47)29-42(39)33-47/h1,3-4,7-10,13-16,19-26,30-31,34,36,39,42H,2,5-6,11-12,17-18,27-29,32-33H2. The van der Waals surface area contributed by atoms with Gasteiger partial charge < -0.3 is 4.90 Å². The summed E-state index contributed by atoms with van der Waals surface area (Å²) < 4.78 is 0. The number of hydrogen-bond donors (Lipinski definition) is 0. The summed E-state index contributed by atoms with van der Waals surface area (Å²) in [6.07, 6.45) is 16.8. The molecule has 242 valence electrons. The van der Waals surface area contributed by atoms with Crippen molar-refractivity contribution in [1.29, 1.82) is 0 Å². The molecule has 0 N–H and O–H groups in total. The number of fused-ring (bicyclic) bond motifs is 2. The SMILES string of the molecule is c1ccc(-c2ccc(N(c3ccc(-c4cccc(C5CCCCC5)c4)cc3)c3cccc(C45CCC6CCC(CC6C4)C5)c3)cc2)cc1. The van der Waals surface area contributed by atoms with E-state index in [0.717, 1.165) is 23.7 Å². The van der Waals surface area contributed by atoms with Crippen molar-refractivity contribution >= 4 is 17.1 Å². The molecule has 3 bridgehead atoms. The Hall–Kier alpha value is -4.10. The molecule has 5 aromatic carbocycles. The van der Waals surface area contributed by atoms with Crippen LogP contribution in [-0.4, -0.2) is 0 Å². The van der Waals surface area contributed by atoms with Crippen LogP contribution in [0.4, 0.5) is 17.1 Å². The predicted molar refractivity (Wildman–Crippen MR) is 202 cm³/mol. The summed E-state index contributed by atoms with van der Waals surface area (Å²) >= 11 is 0. The van der Waals surface area contributed by atoms with Crippen LogP contribution in [0.3, 0.4) is 0 Å². The highest BCUT2D eigenvalue weighted by atomic mass is 15.1. The highest BCUT2D eigenvalue weighted by Gasteiger charge is 2.49. The maximum absolute atomic E-state index is 2.56. The number of nitrogens with zero attached hydrogens (tertiary/aromatic N) is 1. The van der Waals surface area contributed by atoms with E-state index in [1.54, 1.807) is 5.56 Å². The Balaban J connectivity index is 1.08. The van der Waals surface area contributed by atoms with Crippen LogP contribution < -0.4 is 4.90 Å². The van der Waals surface area contributed by atoms with Crippen LogP contribution in [0.5, 0.6) is 0 Å². The second kappa shape index (κ2) is 12.7. The van der Waals surface area contributed by atoms with Gasteiger partial charge in [-0.3, -0.25) is 0 Å². The molecular weight excluding hydrogens is 579 g/mol. The molecule has 48 heavy (non-hydrogen) atoms.